The standard InChI is InChI=1S/C17H15.C10H11NSi.Zr/c1-12-6-8-14(9-7-12)16-5-3-4-15-10-13(2)11-17(15)16;1-6-9-7-4-5-11-8(7)10(6)12(9,2)3;/h3-11H,1-2H3;4-5H,1-3H3;. The summed E-state index contributed by atoms with van der Waals surface area (Å²) in [4.78, 5) is 4.42. The third kappa shape index (κ3) is 2.86. The average molecular weight is 484 g/mol. The van der Waals surface area contributed by atoms with Crippen LogP contribution in [0.4, 0.5) is 0 Å². The molecule has 3 heterocycles. The molecule has 3 heteroatoms. The molecule has 1 atom stereocenters. The average Bonchev–Trinajstić information content (AvgIpc) is 3.40. The van der Waals surface area contributed by atoms with Crippen molar-refractivity contribution in [3.8, 4) is 11.1 Å². The molecule has 1 nitrogen and oxygen atoms in total. The molecule has 2 aromatic carbocycles. The quantitative estimate of drug-likeness (QED) is 0.385. The summed E-state index contributed by atoms with van der Waals surface area (Å²) in [6, 6.07) is 15.5. The normalized spacial score (nSPS) is 21.5. The SMILES string of the molecule is CC1=C2C3=NC=CC3=C1[Si]2(C)C.CC1=Cc2c(-c3ccc(C)cc3)cccc2[CH]1[Zr]. The molecule has 0 N–H and O–H groups in total. The van der Waals surface area contributed by atoms with Crippen LogP contribution in [0.15, 0.2) is 86.8 Å². The first-order valence-corrected chi connectivity index (χ1v) is 15.0. The molecule has 0 saturated carbocycles. The summed E-state index contributed by atoms with van der Waals surface area (Å²) in [5.74, 6) is 0. The van der Waals surface area contributed by atoms with Gasteiger partial charge in [0.05, 0.1) is 5.71 Å². The Hall–Kier alpha value is -1.83. The summed E-state index contributed by atoms with van der Waals surface area (Å²) in [7, 11) is -1.13. The Bertz CT molecular complexity index is 1240. The van der Waals surface area contributed by atoms with Gasteiger partial charge in [0, 0.05) is 11.8 Å². The molecule has 2 aromatic rings. The van der Waals surface area contributed by atoms with Crippen molar-refractivity contribution in [1.29, 1.82) is 0 Å². The Morgan fingerprint density at radius 2 is 1.67 bits per heavy atom. The molecule has 3 aliphatic heterocycles. The summed E-state index contributed by atoms with van der Waals surface area (Å²) in [5.41, 5.74) is 12.7. The van der Waals surface area contributed by atoms with Gasteiger partial charge < -0.3 is 0 Å². The Labute approximate surface area is 195 Å². The van der Waals surface area contributed by atoms with Crippen LogP contribution in [0.25, 0.3) is 17.2 Å². The second-order valence-electron chi connectivity index (χ2n) is 9.20. The van der Waals surface area contributed by atoms with E-state index in [1.165, 1.54) is 50.2 Å². The van der Waals surface area contributed by atoms with Crippen molar-refractivity contribution >= 4 is 19.9 Å². The molecule has 0 fully saturated rings. The third-order valence-corrected chi connectivity index (χ3v) is 12.5. The minimum atomic E-state index is -1.13. The van der Waals surface area contributed by atoms with E-state index in [1.807, 2.05) is 6.20 Å². The number of allylic oxidation sites excluding steroid dienone is 6. The van der Waals surface area contributed by atoms with Gasteiger partial charge in [-0.2, -0.15) is 0 Å². The second-order valence-corrected chi connectivity index (χ2v) is 14.9. The van der Waals surface area contributed by atoms with Crippen LogP contribution in [-0.4, -0.2) is 13.8 Å². The molecule has 5 aliphatic rings. The Morgan fingerprint density at radius 1 is 0.933 bits per heavy atom. The fourth-order valence-corrected chi connectivity index (χ4v) is 10.1. The zero-order chi connectivity index (χ0) is 21.2. The molecule has 1 unspecified atom stereocenters. The van der Waals surface area contributed by atoms with Crippen molar-refractivity contribution in [2.24, 2.45) is 4.99 Å². The van der Waals surface area contributed by atoms with Crippen molar-refractivity contribution in [2.45, 2.75) is 37.5 Å². The van der Waals surface area contributed by atoms with Gasteiger partial charge in [-0.25, -0.2) is 0 Å². The van der Waals surface area contributed by atoms with E-state index < -0.39 is 8.07 Å². The molecule has 2 bridgehead atoms. The number of hydrogen-bond acceptors (Lipinski definition) is 1. The Morgan fingerprint density at radius 3 is 2.33 bits per heavy atom. The van der Waals surface area contributed by atoms with E-state index in [-0.39, 0.29) is 0 Å². The van der Waals surface area contributed by atoms with E-state index >= 15 is 0 Å². The molecule has 0 saturated heterocycles. The molecular formula is C27H26NSiZr. The van der Waals surface area contributed by atoms with Crippen molar-refractivity contribution < 1.29 is 24.7 Å². The van der Waals surface area contributed by atoms with Gasteiger partial charge in [-0.05, 0) is 29.0 Å². The zero-order valence-electron chi connectivity index (χ0n) is 18.3. The van der Waals surface area contributed by atoms with Gasteiger partial charge in [0.15, 0.2) is 0 Å². The second kappa shape index (κ2) is 7.11. The van der Waals surface area contributed by atoms with Crippen LogP contribution in [0.2, 0.25) is 13.1 Å². The van der Waals surface area contributed by atoms with E-state index in [9.17, 15) is 0 Å². The number of nitrogens with zero attached hydrogens (tertiary/aromatic N) is 1. The molecule has 0 amide bonds. The molecule has 2 aliphatic carbocycles. The first kappa shape index (κ1) is 20.1. The van der Waals surface area contributed by atoms with Gasteiger partial charge in [-0.1, -0.05) is 13.1 Å². The Kier molecular flexibility index (Phi) is 4.76. The van der Waals surface area contributed by atoms with Crippen LogP contribution in [0.5, 0.6) is 0 Å². The number of aliphatic imine (C=N–C) groups is 1. The van der Waals surface area contributed by atoms with E-state index in [0.717, 1.165) is 0 Å². The van der Waals surface area contributed by atoms with Crippen LogP contribution < -0.4 is 0 Å². The van der Waals surface area contributed by atoms with Crippen molar-refractivity contribution in [3.05, 3.63) is 98.5 Å². The number of hydrogen-bond donors (Lipinski definition) is 0. The van der Waals surface area contributed by atoms with Gasteiger partial charge >= 0.3 is 124 Å². The predicted octanol–water partition coefficient (Wildman–Crippen LogP) is 7.05. The third-order valence-electron chi connectivity index (χ3n) is 6.85. The molecule has 147 valence electrons. The van der Waals surface area contributed by atoms with Crippen LogP contribution in [0.1, 0.15) is 34.2 Å². The van der Waals surface area contributed by atoms with Crippen molar-refractivity contribution in [3.63, 3.8) is 0 Å². The molecular weight excluding hydrogens is 458 g/mol. The molecule has 0 spiro atoms. The van der Waals surface area contributed by atoms with E-state index in [4.69, 9.17) is 0 Å². The minimum absolute atomic E-state index is 0.651. The molecule has 30 heavy (non-hydrogen) atoms. The fourth-order valence-electron chi connectivity index (χ4n) is 5.41. The van der Waals surface area contributed by atoms with E-state index in [2.05, 4.69) is 93.5 Å². The van der Waals surface area contributed by atoms with Gasteiger partial charge in [-0.15, -0.1) is 0 Å². The number of aryl methyl sites for hydroxylation is 1. The summed E-state index contributed by atoms with van der Waals surface area (Å²) in [5, 5.41) is 3.27. The van der Waals surface area contributed by atoms with E-state index in [0.29, 0.717) is 3.63 Å². The first-order valence-electron chi connectivity index (χ1n) is 10.6. The number of rotatable bonds is 1. The molecule has 0 aromatic heterocycles. The topological polar surface area (TPSA) is 12.4 Å². The summed E-state index contributed by atoms with van der Waals surface area (Å²) < 4.78 is 0.651. The van der Waals surface area contributed by atoms with Gasteiger partial charge in [0.2, 0.25) is 0 Å². The molecule has 7 rings (SSSR count). The maximum atomic E-state index is 4.42. The van der Waals surface area contributed by atoms with Crippen molar-refractivity contribution in [2.75, 3.05) is 0 Å². The fraction of sp³-hybridized carbons (Fsp3) is 0.222. The van der Waals surface area contributed by atoms with Crippen LogP contribution in [0, 0.1) is 6.92 Å². The van der Waals surface area contributed by atoms with Crippen LogP contribution in [-0.2, 0) is 24.7 Å². The number of fused-ring (bicyclic) bond motifs is 1. The summed E-state index contributed by atoms with van der Waals surface area (Å²) in [6.45, 7) is 11.5. The summed E-state index contributed by atoms with van der Waals surface area (Å²) in [6.07, 6.45) is 6.47. The predicted molar refractivity (Wildman–Crippen MR) is 127 cm³/mol. The Balaban J connectivity index is 0.000000139. The van der Waals surface area contributed by atoms with Gasteiger partial charge in [0.25, 0.3) is 0 Å². The van der Waals surface area contributed by atoms with Crippen LogP contribution >= 0.6 is 0 Å². The van der Waals surface area contributed by atoms with Gasteiger partial charge in [-0.3, -0.25) is 4.99 Å². The van der Waals surface area contributed by atoms with Crippen molar-refractivity contribution in [1.82, 2.24) is 0 Å². The number of benzene rings is 2. The first-order chi connectivity index (χ1) is 14.3. The van der Waals surface area contributed by atoms with Gasteiger partial charge in [0.1, 0.15) is 8.07 Å². The summed E-state index contributed by atoms with van der Waals surface area (Å²) >= 11 is 1.59. The zero-order valence-corrected chi connectivity index (χ0v) is 21.8. The van der Waals surface area contributed by atoms with E-state index in [1.54, 1.807) is 35.1 Å². The van der Waals surface area contributed by atoms with Crippen LogP contribution in [0.3, 0.4) is 0 Å². The maximum absolute atomic E-state index is 4.42. The monoisotopic (exact) mass is 482 g/mol. The molecule has 0 radical (unpaired) electrons.